The van der Waals surface area contributed by atoms with E-state index in [1.807, 2.05) is 24.3 Å². The number of rotatable bonds is 3. The van der Waals surface area contributed by atoms with Crippen molar-refractivity contribution in [3.63, 3.8) is 0 Å². The molecule has 2 aromatic carbocycles. The predicted octanol–water partition coefficient (Wildman–Crippen LogP) is 2.11. The molecule has 0 aromatic heterocycles. The Balaban J connectivity index is 1.89. The summed E-state index contributed by atoms with van der Waals surface area (Å²) in [5.74, 6) is 1.03. The van der Waals surface area contributed by atoms with Crippen molar-refractivity contribution in [1.29, 1.82) is 0 Å². The highest BCUT2D eigenvalue weighted by molar-refractivity contribution is 7.90. The lowest BCUT2D eigenvalue weighted by Gasteiger charge is -2.12. The monoisotopic (exact) mass is 329 g/mol. The molecular formula is C16H15N3O3S. The molecule has 0 N–H and O–H groups in total. The number of sulfonamides is 1. The van der Waals surface area contributed by atoms with Crippen LogP contribution in [0, 0.1) is 0 Å². The maximum absolute atomic E-state index is 12.0. The van der Waals surface area contributed by atoms with Gasteiger partial charge in [0.2, 0.25) is 0 Å². The molecule has 3 rings (SSSR count). The van der Waals surface area contributed by atoms with Gasteiger partial charge in [0.25, 0.3) is 10.0 Å². The summed E-state index contributed by atoms with van der Waals surface area (Å²) in [6.07, 6.45) is 1.62. The molecule has 0 aliphatic carbocycles. The van der Waals surface area contributed by atoms with Crippen molar-refractivity contribution in [3.8, 4) is 5.75 Å². The highest BCUT2D eigenvalue weighted by Gasteiger charge is 2.30. The largest absolute Gasteiger partial charge is 0.497 e. The van der Waals surface area contributed by atoms with Crippen LogP contribution in [0.25, 0.3) is 0 Å². The summed E-state index contributed by atoms with van der Waals surface area (Å²) in [5, 5.41) is 5.72. The number of ether oxygens (including phenoxy) is 1. The smallest absolute Gasteiger partial charge is 0.285 e. The zero-order chi connectivity index (χ0) is 16.4. The van der Waals surface area contributed by atoms with Crippen LogP contribution in [-0.2, 0) is 10.0 Å². The molecule has 6 nitrogen and oxygen atoms in total. The van der Waals surface area contributed by atoms with Crippen molar-refractivity contribution < 1.29 is 13.2 Å². The lowest BCUT2D eigenvalue weighted by Crippen LogP contribution is -2.21. The maximum atomic E-state index is 12.0. The Bertz CT molecular complexity index is 904. The first-order chi connectivity index (χ1) is 11.0. The van der Waals surface area contributed by atoms with Crippen molar-refractivity contribution in [3.05, 3.63) is 59.7 Å². The second kappa shape index (κ2) is 5.85. The molecular weight excluding hydrogens is 314 g/mol. The van der Waals surface area contributed by atoms with Crippen molar-refractivity contribution in [2.24, 2.45) is 9.50 Å². The van der Waals surface area contributed by atoms with Crippen molar-refractivity contribution in [1.82, 2.24) is 5.01 Å². The first-order valence-electron chi connectivity index (χ1n) is 6.87. The van der Waals surface area contributed by atoms with Gasteiger partial charge in [-0.15, -0.1) is 4.40 Å². The topological polar surface area (TPSA) is 71.3 Å². The van der Waals surface area contributed by atoms with Gasteiger partial charge in [-0.2, -0.15) is 13.5 Å². The Kier molecular flexibility index (Phi) is 3.87. The Hall–Kier alpha value is -2.67. The lowest BCUT2D eigenvalue weighted by molar-refractivity contribution is 0.414. The van der Waals surface area contributed by atoms with E-state index in [0.29, 0.717) is 11.4 Å². The molecule has 23 heavy (non-hydrogen) atoms. The predicted molar refractivity (Wildman–Crippen MR) is 88.5 cm³/mol. The second-order valence-electron chi connectivity index (χ2n) is 4.93. The number of benzene rings is 2. The molecule has 0 saturated carbocycles. The van der Waals surface area contributed by atoms with Gasteiger partial charge in [-0.3, -0.25) is 0 Å². The average molecular weight is 329 g/mol. The highest BCUT2D eigenvalue weighted by atomic mass is 32.2. The van der Waals surface area contributed by atoms with E-state index in [4.69, 9.17) is 4.74 Å². The standard InChI is InChI=1S/C16H15N3O3S/c1-19(17-11-12-6-5-7-13(10-12)22-2)16-14-8-3-4-9-15(14)23(20,21)18-16/h3-11H,1-2H3/b17-11+. The Labute approximate surface area is 134 Å². The van der Waals surface area contributed by atoms with Crippen LogP contribution in [0.15, 0.2) is 62.9 Å². The normalized spacial score (nSPS) is 15.3. The van der Waals surface area contributed by atoms with E-state index >= 15 is 0 Å². The van der Waals surface area contributed by atoms with E-state index in [9.17, 15) is 8.42 Å². The molecule has 0 atom stereocenters. The van der Waals surface area contributed by atoms with Crippen LogP contribution in [0.4, 0.5) is 0 Å². The van der Waals surface area contributed by atoms with Gasteiger partial charge in [-0.25, -0.2) is 5.01 Å². The molecule has 0 bridgehead atoms. The average Bonchev–Trinajstić information content (AvgIpc) is 2.85. The fourth-order valence-corrected chi connectivity index (χ4v) is 3.48. The fourth-order valence-electron chi connectivity index (χ4n) is 2.25. The molecule has 0 radical (unpaired) electrons. The molecule has 1 aliphatic heterocycles. The van der Waals surface area contributed by atoms with Gasteiger partial charge in [0.1, 0.15) is 10.6 Å². The number of fused-ring (bicyclic) bond motifs is 1. The highest BCUT2D eigenvalue weighted by Crippen LogP contribution is 2.26. The molecule has 1 heterocycles. The van der Waals surface area contributed by atoms with Crippen LogP contribution in [0.2, 0.25) is 0 Å². The van der Waals surface area contributed by atoms with Gasteiger partial charge >= 0.3 is 0 Å². The molecule has 0 amide bonds. The molecule has 1 aliphatic rings. The summed E-state index contributed by atoms with van der Waals surface area (Å²) < 4.78 is 33.1. The summed E-state index contributed by atoms with van der Waals surface area (Å²) in [4.78, 5) is 0.207. The SMILES string of the molecule is COc1cccc(/C=N/N(C)C2=NS(=O)(=O)c3ccccc32)c1. The quantitative estimate of drug-likeness (QED) is 0.639. The Morgan fingerprint density at radius 3 is 2.74 bits per heavy atom. The van der Waals surface area contributed by atoms with E-state index in [-0.39, 0.29) is 4.90 Å². The maximum Gasteiger partial charge on any atom is 0.285 e. The molecule has 118 valence electrons. The first kappa shape index (κ1) is 15.2. The number of nitrogens with zero attached hydrogens (tertiary/aromatic N) is 3. The zero-order valence-electron chi connectivity index (χ0n) is 12.7. The summed E-state index contributed by atoms with van der Waals surface area (Å²) in [7, 11) is -0.386. The van der Waals surface area contributed by atoms with Crippen LogP contribution in [0.3, 0.4) is 0 Å². The molecule has 0 spiro atoms. The van der Waals surface area contributed by atoms with Crippen LogP contribution in [0.1, 0.15) is 11.1 Å². The van der Waals surface area contributed by atoms with Crippen LogP contribution in [-0.4, -0.2) is 39.6 Å². The minimum absolute atomic E-state index is 0.207. The first-order valence-corrected chi connectivity index (χ1v) is 8.31. The number of amidine groups is 1. The summed E-state index contributed by atoms with van der Waals surface area (Å²) in [5.41, 5.74) is 1.39. The van der Waals surface area contributed by atoms with E-state index in [1.165, 1.54) is 5.01 Å². The van der Waals surface area contributed by atoms with Gasteiger partial charge in [0.05, 0.1) is 13.3 Å². The van der Waals surface area contributed by atoms with Crippen molar-refractivity contribution >= 4 is 22.1 Å². The van der Waals surface area contributed by atoms with Gasteiger partial charge in [0.15, 0.2) is 5.84 Å². The molecule has 0 saturated heterocycles. The molecule has 2 aromatic rings. The third-order valence-electron chi connectivity index (χ3n) is 3.39. The molecule has 7 heteroatoms. The second-order valence-corrected chi connectivity index (χ2v) is 6.50. The van der Waals surface area contributed by atoms with E-state index in [1.54, 1.807) is 44.6 Å². The van der Waals surface area contributed by atoms with Gasteiger partial charge in [0, 0.05) is 12.6 Å². The van der Waals surface area contributed by atoms with E-state index < -0.39 is 10.0 Å². The Morgan fingerprint density at radius 2 is 1.96 bits per heavy atom. The molecule has 0 unspecified atom stereocenters. The minimum atomic E-state index is -3.64. The van der Waals surface area contributed by atoms with Crippen LogP contribution < -0.4 is 4.74 Å². The fraction of sp³-hybridized carbons (Fsp3) is 0.125. The summed E-state index contributed by atoms with van der Waals surface area (Å²) in [6, 6.07) is 14.1. The van der Waals surface area contributed by atoms with Crippen molar-refractivity contribution in [2.75, 3.05) is 14.2 Å². The van der Waals surface area contributed by atoms with Crippen LogP contribution in [0.5, 0.6) is 5.75 Å². The lowest BCUT2D eigenvalue weighted by atomic mass is 10.2. The number of hydrogen-bond acceptors (Lipinski definition) is 5. The van der Waals surface area contributed by atoms with Gasteiger partial charge in [-0.05, 0) is 29.8 Å². The summed E-state index contributed by atoms with van der Waals surface area (Å²) >= 11 is 0. The van der Waals surface area contributed by atoms with E-state index in [2.05, 4.69) is 9.50 Å². The minimum Gasteiger partial charge on any atom is -0.497 e. The molecule has 0 fully saturated rings. The van der Waals surface area contributed by atoms with Crippen LogP contribution >= 0.6 is 0 Å². The number of hydrazone groups is 1. The number of methoxy groups -OCH3 is 1. The Morgan fingerprint density at radius 1 is 1.17 bits per heavy atom. The third-order valence-corrected chi connectivity index (χ3v) is 4.72. The summed E-state index contributed by atoms with van der Waals surface area (Å²) in [6.45, 7) is 0. The number of hydrogen-bond donors (Lipinski definition) is 0. The van der Waals surface area contributed by atoms with Gasteiger partial charge in [-0.1, -0.05) is 24.3 Å². The third kappa shape index (κ3) is 2.95. The van der Waals surface area contributed by atoms with Gasteiger partial charge < -0.3 is 4.74 Å². The van der Waals surface area contributed by atoms with E-state index in [0.717, 1.165) is 11.3 Å². The van der Waals surface area contributed by atoms with Crippen molar-refractivity contribution in [2.45, 2.75) is 4.90 Å². The zero-order valence-corrected chi connectivity index (χ0v) is 13.5.